The third-order valence-electron chi connectivity index (χ3n) is 6.14. The molecule has 1 heterocycles. The van der Waals surface area contributed by atoms with Crippen molar-refractivity contribution in [2.45, 2.75) is 39.8 Å². The van der Waals surface area contributed by atoms with Crippen molar-refractivity contribution in [1.82, 2.24) is 4.57 Å². The van der Waals surface area contributed by atoms with E-state index in [0.29, 0.717) is 31.3 Å². The van der Waals surface area contributed by atoms with Crippen LogP contribution in [0.4, 0.5) is 0 Å². The van der Waals surface area contributed by atoms with Crippen molar-refractivity contribution < 1.29 is 23.7 Å². The first-order chi connectivity index (χ1) is 18.9. The van der Waals surface area contributed by atoms with Crippen LogP contribution in [0.15, 0.2) is 84.6 Å². The minimum Gasteiger partial charge on any atom is -0.493 e. The zero-order chi connectivity index (χ0) is 27.6. The molecule has 0 saturated heterocycles. The number of rotatable bonds is 13. The van der Waals surface area contributed by atoms with Crippen LogP contribution in [0.5, 0.6) is 17.2 Å². The SMILES string of the molecule is COC(=O)Cc1cn(CC=C(C)C)c2ccc(OCCCOc3cccc(OCc4ccc(Cl)cc4)c3)cc12. The van der Waals surface area contributed by atoms with Crippen LogP contribution in [-0.4, -0.2) is 30.9 Å². The Kier molecular flexibility index (Phi) is 9.92. The summed E-state index contributed by atoms with van der Waals surface area (Å²) in [4.78, 5) is 12.0. The molecule has 3 aromatic carbocycles. The van der Waals surface area contributed by atoms with Crippen LogP contribution in [0.1, 0.15) is 31.4 Å². The van der Waals surface area contributed by atoms with Gasteiger partial charge >= 0.3 is 5.97 Å². The number of allylic oxidation sites excluding steroid dienone is 2. The highest BCUT2D eigenvalue weighted by Crippen LogP contribution is 2.27. The molecule has 0 fully saturated rings. The molecule has 6 nitrogen and oxygen atoms in total. The lowest BCUT2D eigenvalue weighted by molar-refractivity contribution is -0.139. The Morgan fingerprint density at radius 3 is 2.28 bits per heavy atom. The lowest BCUT2D eigenvalue weighted by Gasteiger charge is -2.11. The van der Waals surface area contributed by atoms with E-state index in [4.69, 9.17) is 30.5 Å². The van der Waals surface area contributed by atoms with E-state index in [1.54, 1.807) is 0 Å². The molecule has 204 valence electrons. The van der Waals surface area contributed by atoms with Gasteiger partial charge in [0.1, 0.15) is 23.9 Å². The molecule has 0 N–H and O–H groups in total. The molecule has 0 aliphatic rings. The summed E-state index contributed by atoms with van der Waals surface area (Å²) in [6, 6.07) is 21.2. The number of nitrogens with zero attached hydrogens (tertiary/aromatic N) is 1. The molecule has 0 unspecified atom stereocenters. The highest BCUT2D eigenvalue weighted by Gasteiger charge is 2.13. The van der Waals surface area contributed by atoms with Crippen LogP contribution in [0.3, 0.4) is 0 Å². The largest absolute Gasteiger partial charge is 0.493 e. The lowest BCUT2D eigenvalue weighted by Crippen LogP contribution is -2.05. The van der Waals surface area contributed by atoms with Gasteiger partial charge in [0, 0.05) is 41.2 Å². The molecule has 4 rings (SSSR count). The lowest BCUT2D eigenvalue weighted by atomic mass is 10.1. The molecule has 1 aromatic heterocycles. The van der Waals surface area contributed by atoms with E-state index in [9.17, 15) is 4.79 Å². The van der Waals surface area contributed by atoms with Crippen LogP contribution in [-0.2, 0) is 29.1 Å². The van der Waals surface area contributed by atoms with Gasteiger partial charge in [-0.25, -0.2) is 0 Å². The third-order valence-corrected chi connectivity index (χ3v) is 6.40. The van der Waals surface area contributed by atoms with Gasteiger partial charge in [-0.15, -0.1) is 0 Å². The predicted octanol–water partition coefficient (Wildman–Crippen LogP) is 7.40. The van der Waals surface area contributed by atoms with Gasteiger partial charge in [0.25, 0.3) is 0 Å². The zero-order valence-corrected chi connectivity index (χ0v) is 23.4. The second-order valence-electron chi connectivity index (χ2n) is 9.46. The number of fused-ring (bicyclic) bond motifs is 1. The highest BCUT2D eigenvalue weighted by atomic mass is 35.5. The fourth-order valence-corrected chi connectivity index (χ4v) is 4.21. The molecule has 39 heavy (non-hydrogen) atoms. The van der Waals surface area contributed by atoms with Crippen molar-refractivity contribution in [3.05, 3.63) is 101 Å². The van der Waals surface area contributed by atoms with Crippen LogP contribution in [0, 0.1) is 0 Å². The molecule has 0 saturated carbocycles. The Labute approximate surface area is 234 Å². The normalized spacial score (nSPS) is 10.8. The number of benzene rings is 3. The number of aromatic nitrogens is 1. The maximum Gasteiger partial charge on any atom is 0.310 e. The van der Waals surface area contributed by atoms with Crippen LogP contribution >= 0.6 is 11.6 Å². The summed E-state index contributed by atoms with van der Waals surface area (Å²) in [5.41, 5.74) is 4.26. The fourth-order valence-electron chi connectivity index (χ4n) is 4.08. The Morgan fingerprint density at radius 2 is 1.59 bits per heavy atom. The van der Waals surface area contributed by atoms with E-state index in [1.807, 2.05) is 72.9 Å². The third kappa shape index (κ3) is 8.29. The molecule has 0 aliphatic carbocycles. The van der Waals surface area contributed by atoms with E-state index >= 15 is 0 Å². The summed E-state index contributed by atoms with van der Waals surface area (Å²) in [5.74, 6) is 1.98. The summed E-state index contributed by atoms with van der Waals surface area (Å²) < 4.78 is 24.8. The van der Waals surface area contributed by atoms with E-state index in [1.165, 1.54) is 12.7 Å². The van der Waals surface area contributed by atoms with Crippen molar-refractivity contribution in [3.8, 4) is 17.2 Å². The van der Waals surface area contributed by atoms with E-state index in [-0.39, 0.29) is 12.4 Å². The molecule has 0 amide bonds. The number of carbonyl (C=O) groups is 1. The van der Waals surface area contributed by atoms with E-state index in [0.717, 1.165) is 45.8 Å². The minimum absolute atomic E-state index is 0.217. The van der Waals surface area contributed by atoms with Crippen molar-refractivity contribution in [2.24, 2.45) is 0 Å². The number of halogens is 1. The Bertz CT molecular complexity index is 1420. The van der Waals surface area contributed by atoms with Gasteiger partial charge < -0.3 is 23.5 Å². The van der Waals surface area contributed by atoms with Crippen molar-refractivity contribution in [2.75, 3.05) is 20.3 Å². The zero-order valence-electron chi connectivity index (χ0n) is 22.6. The molecule has 0 atom stereocenters. The Balaban J connectivity index is 1.30. The van der Waals surface area contributed by atoms with Crippen molar-refractivity contribution in [1.29, 1.82) is 0 Å². The number of carbonyl (C=O) groups excluding carboxylic acids is 1. The molecule has 0 spiro atoms. The fraction of sp³-hybridized carbons (Fsp3) is 0.281. The molecule has 7 heteroatoms. The summed E-state index contributed by atoms with van der Waals surface area (Å²) >= 11 is 5.94. The number of ether oxygens (including phenoxy) is 4. The van der Waals surface area contributed by atoms with Gasteiger partial charge in [-0.3, -0.25) is 4.79 Å². The Hall–Kier alpha value is -3.90. The molecule has 0 bridgehead atoms. The summed E-state index contributed by atoms with van der Waals surface area (Å²) in [5, 5.41) is 1.70. The highest BCUT2D eigenvalue weighted by molar-refractivity contribution is 6.30. The molecular weight excluding hydrogens is 514 g/mol. The van der Waals surface area contributed by atoms with Gasteiger partial charge in [0.05, 0.1) is 26.7 Å². The summed E-state index contributed by atoms with van der Waals surface area (Å²) in [7, 11) is 1.41. The average molecular weight is 548 g/mol. The summed E-state index contributed by atoms with van der Waals surface area (Å²) in [6.45, 7) is 6.36. The minimum atomic E-state index is -0.265. The number of methoxy groups -OCH3 is 1. The first-order valence-electron chi connectivity index (χ1n) is 13.0. The second kappa shape index (κ2) is 13.8. The number of esters is 1. The monoisotopic (exact) mass is 547 g/mol. The summed E-state index contributed by atoms with van der Waals surface area (Å²) in [6.07, 6.45) is 5.11. The maximum atomic E-state index is 12.0. The van der Waals surface area contributed by atoms with E-state index < -0.39 is 0 Å². The standard InChI is InChI=1S/C32H34ClNO5/c1-23(2)14-15-34-21-25(18-32(35)36-3)30-20-29(12-13-31(30)34)38-17-5-16-37-27-6-4-7-28(19-27)39-22-24-8-10-26(33)11-9-24/h4,6-14,19-21H,5,15-18,22H2,1-3H3. The second-order valence-corrected chi connectivity index (χ2v) is 9.90. The molecular formula is C32H34ClNO5. The average Bonchev–Trinajstić information content (AvgIpc) is 3.28. The molecule has 0 radical (unpaired) electrons. The van der Waals surface area contributed by atoms with Gasteiger partial charge in [0.2, 0.25) is 0 Å². The van der Waals surface area contributed by atoms with Crippen molar-refractivity contribution in [3.63, 3.8) is 0 Å². The van der Waals surface area contributed by atoms with Crippen LogP contribution in [0.25, 0.3) is 10.9 Å². The number of hydrogen-bond acceptors (Lipinski definition) is 5. The number of hydrogen-bond donors (Lipinski definition) is 0. The van der Waals surface area contributed by atoms with Gasteiger partial charge in [-0.2, -0.15) is 0 Å². The molecule has 4 aromatic rings. The van der Waals surface area contributed by atoms with Gasteiger partial charge in [0.15, 0.2) is 0 Å². The van der Waals surface area contributed by atoms with Crippen LogP contribution < -0.4 is 14.2 Å². The van der Waals surface area contributed by atoms with Crippen molar-refractivity contribution >= 4 is 28.5 Å². The Morgan fingerprint density at radius 1 is 0.897 bits per heavy atom. The van der Waals surface area contributed by atoms with Crippen LogP contribution in [0.2, 0.25) is 5.02 Å². The van der Waals surface area contributed by atoms with Gasteiger partial charge in [-0.1, -0.05) is 41.4 Å². The van der Waals surface area contributed by atoms with Gasteiger partial charge in [-0.05, 0) is 67.4 Å². The topological polar surface area (TPSA) is 58.9 Å². The first kappa shape index (κ1) is 28.1. The quantitative estimate of drug-likeness (QED) is 0.0991. The molecule has 0 aliphatic heterocycles. The van der Waals surface area contributed by atoms with E-state index in [2.05, 4.69) is 24.5 Å². The first-order valence-corrected chi connectivity index (χ1v) is 13.3. The predicted molar refractivity (Wildman–Crippen MR) is 155 cm³/mol. The maximum absolute atomic E-state index is 12.0. The smallest absolute Gasteiger partial charge is 0.310 e.